The van der Waals surface area contributed by atoms with E-state index in [1.165, 1.54) is 0 Å². The number of nitro benzene ring substituents is 1. The average molecular weight is 404 g/mol. The molecule has 1 aromatic carbocycles. The van der Waals surface area contributed by atoms with Gasteiger partial charge in [-0.05, 0) is 0 Å². The highest BCUT2D eigenvalue weighted by Gasteiger charge is 2.38. The summed E-state index contributed by atoms with van der Waals surface area (Å²) in [6.07, 6.45) is -5.08. The monoisotopic (exact) mass is 404 g/mol. The standard InChI is InChI=1S/C14H8F4N4O6/c1-20-7(14(16,17)18)3-9(24)21(13(20)25)11-5(15)2-6-10(12(11)22(26)27)19-8(23)4-28-6/h2-3H,4H2,1H3,(H,19,23). The maximum Gasteiger partial charge on any atom is 0.431 e. The van der Waals surface area contributed by atoms with Gasteiger partial charge in [0.2, 0.25) is 0 Å². The zero-order chi connectivity index (χ0) is 21.0. The van der Waals surface area contributed by atoms with Crippen LogP contribution in [0.3, 0.4) is 0 Å². The van der Waals surface area contributed by atoms with E-state index in [2.05, 4.69) is 5.32 Å². The SMILES string of the molecule is Cn1c(C(F)(F)F)cc(=O)n(-c2c(F)cc3c(c2[N+](=O)[O-])NC(=O)CO3)c1=O. The predicted octanol–water partition coefficient (Wildman–Crippen LogP) is 0.933. The van der Waals surface area contributed by atoms with Crippen molar-refractivity contribution in [1.82, 2.24) is 9.13 Å². The van der Waals surface area contributed by atoms with E-state index < -0.39 is 69.2 Å². The molecule has 14 heteroatoms. The Morgan fingerprint density at radius 3 is 2.46 bits per heavy atom. The summed E-state index contributed by atoms with van der Waals surface area (Å²) in [6.45, 7) is -0.565. The van der Waals surface area contributed by atoms with E-state index in [0.717, 1.165) is 0 Å². The van der Waals surface area contributed by atoms with Crippen molar-refractivity contribution >= 4 is 17.3 Å². The average Bonchev–Trinajstić information content (AvgIpc) is 2.57. The van der Waals surface area contributed by atoms with E-state index >= 15 is 0 Å². The number of hydrogen-bond donors (Lipinski definition) is 1. The maximum absolute atomic E-state index is 14.6. The molecule has 0 spiro atoms. The van der Waals surface area contributed by atoms with Gasteiger partial charge in [0.05, 0.1) is 4.92 Å². The summed E-state index contributed by atoms with van der Waals surface area (Å²) in [6, 6.07) is 0.569. The second-order valence-corrected chi connectivity index (χ2v) is 5.57. The van der Waals surface area contributed by atoms with Crippen molar-refractivity contribution in [2.24, 2.45) is 7.05 Å². The van der Waals surface area contributed by atoms with Gasteiger partial charge in [0.25, 0.3) is 11.5 Å². The molecule has 1 aromatic heterocycles. The molecule has 0 atom stereocenters. The molecule has 3 rings (SSSR count). The third kappa shape index (κ3) is 2.87. The molecule has 1 N–H and O–H groups in total. The van der Waals surface area contributed by atoms with Crippen LogP contribution in [-0.4, -0.2) is 26.6 Å². The minimum atomic E-state index is -5.08. The number of amides is 1. The number of carbonyl (C=O) groups is 1. The normalized spacial score (nSPS) is 13.5. The zero-order valence-electron chi connectivity index (χ0n) is 13.7. The molecule has 2 heterocycles. The lowest BCUT2D eigenvalue weighted by Gasteiger charge is -2.20. The summed E-state index contributed by atoms with van der Waals surface area (Å²) in [5.74, 6) is -2.76. The van der Waals surface area contributed by atoms with Crippen molar-refractivity contribution in [3.8, 4) is 11.4 Å². The second-order valence-electron chi connectivity index (χ2n) is 5.57. The topological polar surface area (TPSA) is 125 Å². The van der Waals surface area contributed by atoms with Crippen molar-refractivity contribution in [2.45, 2.75) is 6.18 Å². The molecule has 10 nitrogen and oxygen atoms in total. The molecule has 2 aromatic rings. The number of halogens is 4. The molecule has 1 aliphatic heterocycles. The Morgan fingerprint density at radius 2 is 1.89 bits per heavy atom. The first-order valence-corrected chi connectivity index (χ1v) is 7.27. The molecular weight excluding hydrogens is 396 g/mol. The number of ether oxygens (including phenoxy) is 1. The van der Waals surface area contributed by atoms with Crippen molar-refractivity contribution in [2.75, 3.05) is 11.9 Å². The van der Waals surface area contributed by atoms with Gasteiger partial charge in [-0.2, -0.15) is 13.2 Å². The zero-order valence-corrected chi connectivity index (χ0v) is 13.7. The van der Waals surface area contributed by atoms with Gasteiger partial charge in [-0.3, -0.25) is 24.3 Å². The van der Waals surface area contributed by atoms with Crippen LogP contribution in [0.1, 0.15) is 5.69 Å². The molecule has 0 aliphatic carbocycles. The number of carbonyl (C=O) groups excluding carboxylic acids is 1. The molecule has 1 aliphatic rings. The number of nitrogens with one attached hydrogen (secondary N) is 1. The molecule has 0 saturated carbocycles. The van der Waals surface area contributed by atoms with E-state index in [-0.39, 0.29) is 15.2 Å². The smallest absolute Gasteiger partial charge is 0.431 e. The Balaban J connectivity index is 2.44. The van der Waals surface area contributed by atoms with Gasteiger partial charge in [0.1, 0.15) is 5.69 Å². The molecule has 0 bridgehead atoms. The fraction of sp³-hybridized carbons (Fsp3) is 0.214. The first-order valence-electron chi connectivity index (χ1n) is 7.27. The Morgan fingerprint density at radius 1 is 1.25 bits per heavy atom. The number of fused-ring (bicyclic) bond motifs is 1. The quantitative estimate of drug-likeness (QED) is 0.451. The van der Waals surface area contributed by atoms with Gasteiger partial charge >= 0.3 is 17.6 Å². The van der Waals surface area contributed by atoms with Crippen LogP contribution in [-0.2, 0) is 18.0 Å². The van der Waals surface area contributed by atoms with Crippen molar-refractivity contribution in [3.63, 3.8) is 0 Å². The first-order chi connectivity index (χ1) is 12.9. The van der Waals surface area contributed by atoms with Crippen LogP contribution >= 0.6 is 0 Å². The summed E-state index contributed by atoms with van der Waals surface area (Å²) in [5, 5.41) is 13.5. The fourth-order valence-electron chi connectivity index (χ4n) is 2.65. The number of rotatable bonds is 2. The largest absolute Gasteiger partial charge is 0.481 e. The lowest BCUT2D eigenvalue weighted by molar-refractivity contribution is -0.383. The van der Waals surface area contributed by atoms with E-state index in [0.29, 0.717) is 13.1 Å². The van der Waals surface area contributed by atoms with Crippen LogP contribution in [0.2, 0.25) is 0 Å². The minimum absolute atomic E-state index is 0.000897. The number of hydrogen-bond acceptors (Lipinski definition) is 6. The van der Waals surface area contributed by atoms with Crippen LogP contribution < -0.4 is 21.3 Å². The van der Waals surface area contributed by atoms with Crippen LogP contribution in [0.15, 0.2) is 21.7 Å². The van der Waals surface area contributed by atoms with Crippen LogP contribution in [0.5, 0.6) is 5.75 Å². The van der Waals surface area contributed by atoms with Gasteiger partial charge in [-0.15, -0.1) is 0 Å². The molecule has 0 fully saturated rings. The number of nitro groups is 1. The fourth-order valence-corrected chi connectivity index (χ4v) is 2.65. The lowest BCUT2D eigenvalue weighted by atomic mass is 10.1. The van der Waals surface area contributed by atoms with E-state index in [9.17, 15) is 42.1 Å². The van der Waals surface area contributed by atoms with Crippen LogP contribution in [0.25, 0.3) is 5.69 Å². The number of anilines is 1. The Hall–Kier alpha value is -3.71. The van der Waals surface area contributed by atoms with E-state index in [1.54, 1.807) is 0 Å². The molecule has 28 heavy (non-hydrogen) atoms. The summed E-state index contributed by atoms with van der Waals surface area (Å²) in [5.41, 5.74) is -8.04. The summed E-state index contributed by atoms with van der Waals surface area (Å²) < 4.78 is 58.2. The molecule has 0 saturated heterocycles. The first kappa shape index (κ1) is 19.1. The lowest BCUT2D eigenvalue weighted by Crippen LogP contribution is -2.41. The predicted molar refractivity (Wildman–Crippen MR) is 83.0 cm³/mol. The van der Waals surface area contributed by atoms with Gasteiger partial charge in [-0.25, -0.2) is 13.8 Å². The second kappa shape index (κ2) is 6.17. The van der Waals surface area contributed by atoms with Crippen molar-refractivity contribution in [1.29, 1.82) is 0 Å². The maximum atomic E-state index is 14.6. The van der Waals surface area contributed by atoms with E-state index in [1.807, 2.05) is 0 Å². The van der Waals surface area contributed by atoms with Gasteiger partial charge in [0.15, 0.2) is 29.5 Å². The molecule has 148 valence electrons. The highest BCUT2D eigenvalue weighted by Crippen LogP contribution is 2.42. The molecular formula is C14H8F4N4O6. The van der Waals surface area contributed by atoms with Crippen LogP contribution in [0.4, 0.5) is 28.9 Å². The third-order valence-corrected chi connectivity index (χ3v) is 3.83. The number of alkyl halides is 3. The molecule has 0 unspecified atom stereocenters. The van der Waals surface area contributed by atoms with Gasteiger partial charge < -0.3 is 10.1 Å². The Labute approximate surface area is 150 Å². The highest BCUT2D eigenvalue weighted by atomic mass is 19.4. The van der Waals surface area contributed by atoms with Crippen LogP contribution in [0, 0.1) is 15.9 Å². The van der Waals surface area contributed by atoms with Crippen molar-refractivity contribution in [3.05, 3.63) is 54.6 Å². The van der Waals surface area contributed by atoms with Crippen molar-refractivity contribution < 1.29 is 32.0 Å². The van der Waals surface area contributed by atoms with E-state index in [4.69, 9.17) is 4.74 Å². The van der Waals surface area contributed by atoms with Gasteiger partial charge in [-0.1, -0.05) is 0 Å². The summed E-state index contributed by atoms with van der Waals surface area (Å²) in [7, 11) is 0.661. The Bertz CT molecular complexity index is 1150. The van der Waals surface area contributed by atoms with Gasteiger partial charge in [0, 0.05) is 19.2 Å². The third-order valence-electron chi connectivity index (χ3n) is 3.83. The number of aromatic nitrogens is 2. The Kier molecular flexibility index (Phi) is 4.20. The summed E-state index contributed by atoms with van der Waals surface area (Å²) in [4.78, 5) is 46.2. The highest BCUT2D eigenvalue weighted by molar-refractivity contribution is 5.99. The molecule has 0 radical (unpaired) electrons. The molecule has 1 amide bonds. The summed E-state index contributed by atoms with van der Waals surface area (Å²) >= 11 is 0. The minimum Gasteiger partial charge on any atom is -0.481 e. The number of nitrogens with zero attached hydrogens (tertiary/aromatic N) is 3. The number of benzene rings is 1.